The molecule has 1 N–H and O–H groups in total. The molecule has 0 aliphatic carbocycles. The summed E-state index contributed by atoms with van der Waals surface area (Å²) in [5.41, 5.74) is -0.149. The van der Waals surface area contributed by atoms with Crippen LogP contribution < -0.4 is 5.32 Å². The normalized spacial score (nSPS) is 22.5. The number of piperidine rings is 1. The zero-order valence-electron chi connectivity index (χ0n) is 15.3. The summed E-state index contributed by atoms with van der Waals surface area (Å²) in [5.74, 6) is 0.905. The lowest BCUT2D eigenvalue weighted by Crippen LogP contribution is -2.50. The van der Waals surface area contributed by atoms with E-state index in [0.717, 1.165) is 25.5 Å². The Morgan fingerprint density at radius 2 is 1.96 bits per heavy atom. The standard InChI is InChI=1S/C17H32N4O2/c1-16(2,3)23-15(22)21-11-8-18-14(12-21)19-13-17(4)6-9-20(5)10-7-17/h6-13H2,1-5H3,(H,18,19). The number of aliphatic imine (C=N–C) groups is 1. The number of amidine groups is 1. The van der Waals surface area contributed by atoms with Gasteiger partial charge in [-0.15, -0.1) is 0 Å². The van der Waals surface area contributed by atoms with Crippen molar-refractivity contribution >= 4 is 11.9 Å². The van der Waals surface area contributed by atoms with Crippen LogP contribution in [0.2, 0.25) is 0 Å². The first-order valence-electron chi connectivity index (χ1n) is 8.61. The summed E-state index contributed by atoms with van der Waals surface area (Å²) >= 11 is 0. The smallest absolute Gasteiger partial charge is 0.410 e. The Morgan fingerprint density at radius 3 is 2.57 bits per heavy atom. The third-order valence-corrected chi connectivity index (χ3v) is 4.58. The molecule has 0 unspecified atom stereocenters. The number of hydrogen-bond donors (Lipinski definition) is 1. The molecule has 0 bridgehead atoms. The average molecular weight is 324 g/mol. The van der Waals surface area contributed by atoms with Crippen LogP contribution in [0.3, 0.4) is 0 Å². The number of rotatable bonds is 2. The van der Waals surface area contributed by atoms with Gasteiger partial charge in [0.25, 0.3) is 0 Å². The van der Waals surface area contributed by atoms with E-state index in [9.17, 15) is 4.79 Å². The van der Waals surface area contributed by atoms with E-state index in [1.54, 1.807) is 4.90 Å². The SMILES string of the molecule is CN1CCC(C)(CNC2=NCCN(C(=O)OC(C)(C)C)C2)CC1. The van der Waals surface area contributed by atoms with Crippen molar-refractivity contribution in [3.05, 3.63) is 0 Å². The number of hydrogen-bond acceptors (Lipinski definition) is 5. The zero-order chi connectivity index (χ0) is 17.1. The van der Waals surface area contributed by atoms with Crippen molar-refractivity contribution in [2.75, 3.05) is 46.3 Å². The van der Waals surface area contributed by atoms with Crippen molar-refractivity contribution in [2.45, 2.75) is 46.1 Å². The molecule has 2 heterocycles. The molecule has 1 amide bonds. The Balaban J connectivity index is 1.82. The highest BCUT2D eigenvalue weighted by Gasteiger charge is 2.30. The summed E-state index contributed by atoms with van der Waals surface area (Å²) in [6, 6.07) is 0. The zero-order valence-corrected chi connectivity index (χ0v) is 15.3. The highest BCUT2D eigenvalue weighted by atomic mass is 16.6. The summed E-state index contributed by atoms with van der Waals surface area (Å²) in [4.78, 5) is 20.8. The highest BCUT2D eigenvalue weighted by Crippen LogP contribution is 2.29. The van der Waals surface area contributed by atoms with E-state index in [-0.39, 0.29) is 6.09 Å². The third-order valence-electron chi connectivity index (χ3n) is 4.58. The van der Waals surface area contributed by atoms with Crippen LogP contribution in [0, 0.1) is 5.41 Å². The topological polar surface area (TPSA) is 57.2 Å². The summed E-state index contributed by atoms with van der Waals surface area (Å²) < 4.78 is 5.45. The predicted molar refractivity (Wildman–Crippen MR) is 92.9 cm³/mol. The molecule has 0 saturated carbocycles. The van der Waals surface area contributed by atoms with Crippen LogP contribution in [0.15, 0.2) is 4.99 Å². The number of carbonyl (C=O) groups is 1. The van der Waals surface area contributed by atoms with E-state index in [1.807, 2.05) is 20.8 Å². The van der Waals surface area contributed by atoms with Crippen LogP contribution in [0.4, 0.5) is 4.79 Å². The van der Waals surface area contributed by atoms with Gasteiger partial charge < -0.3 is 15.0 Å². The van der Waals surface area contributed by atoms with Crippen molar-refractivity contribution in [1.29, 1.82) is 0 Å². The summed E-state index contributed by atoms with van der Waals surface area (Å²) in [6.45, 7) is 13.0. The molecule has 6 nitrogen and oxygen atoms in total. The van der Waals surface area contributed by atoms with E-state index in [4.69, 9.17) is 4.74 Å². The molecule has 23 heavy (non-hydrogen) atoms. The molecule has 0 aromatic rings. The molecule has 0 aromatic carbocycles. The number of ether oxygens (including phenoxy) is 1. The lowest BCUT2D eigenvalue weighted by Gasteiger charge is -2.38. The van der Waals surface area contributed by atoms with Crippen molar-refractivity contribution in [3.63, 3.8) is 0 Å². The molecular formula is C17H32N4O2. The van der Waals surface area contributed by atoms with Gasteiger partial charge in [0.05, 0.1) is 13.1 Å². The second-order valence-corrected chi connectivity index (χ2v) is 8.20. The molecule has 6 heteroatoms. The predicted octanol–water partition coefficient (Wildman–Crippen LogP) is 1.96. The molecule has 0 aromatic heterocycles. The lowest BCUT2D eigenvalue weighted by atomic mass is 9.80. The summed E-state index contributed by atoms with van der Waals surface area (Å²) in [6.07, 6.45) is 2.14. The number of likely N-dealkylation sites (tertiary alicyclic amines) is 1. The molecule has 0 spiro atoms. The van der Waals surface area contributed by atoms with E-state index in [1.165, 1.54) is 12.8 Å². The van der Waals surface area contributed by atoms with Crippen LogP contribution in [0.5, 0.6) is 0 Å². The minimum Gasteiger partial charge on any atom is -0.444 e. The molecule has 2 aliphatic rings. The summed E-state index contributed by atoms with van der Waals surface area (Å²) in [5, 5.41) is 3.48. The van der Waals surface area contributed by atoms with Crippen LogP contribution in [-0.2, 0) is 4.74 Å². The van der Waals surface area contributed by atoms with Gasteiger partial charge in [-0.1, -0.05) is 6.92 Å². The van der Waals surface area contributed by atoms with Crippen LogP contribution in [0.1, 0.15) is 40.5 Å². The minimum absolute atomic E-state index is 0.253. The minimum atomic E-state index is -0.457. The van der Waals surface area contributed by atoms with Gasteiger partial charge in [-0.05, 0) is 59.2 Å². The maximum atomic E-state index is 12.2. The first-order valence-corrected chi connectivity index (χ1v) is 8.61. The number of nitrogens with zero attached hydrogens (tertiary/aromatic N) is 3. The maximum Gasteiger partial charge on any atom is 0.410 e. The maximum absolute atomic E-state index is 12.2. The van der Waals surface area contributed by atoms with Gasteiger partial charge in [0.1, 0.15) is 11.4 Å². The van der Waals surface area contributed by atoms with Crippen molar-refractivity contribution in [1.82, 2.24) is 15.1 Å². The van der Waals surface area contributed by atoms with Gasteiger partial charge in [0.15, 0.2) is 0 Å². The van der Waals surface area contributed by atoms with Gasteiger partial charge >= 0.3 is 6.09 Å². The fourth-order valence-corrected chi connectivity index (χ4v) is 2.86. The molecule has 2 aliphatic heterocycles. The Labute approximate surface area is 140 Å². The molecular weight excluding hydrogens is 292 g/mol. The van der Waals surface area contributed by atoms with E-state index in [0.29, 0.717) is 25.0 Å². The second-order valence-electron chi connectivity index (χ2n) is 8.20. The van der Waals surface area contributed by atoms with Crippen molar-refractivity contribution in [2.24, 2.45) is 10.4 Å². The molecule has 0 atom stereocenters. The van der Waals surface area contributed by atoms with E-state index >= 15 is 0 Å². The average Bonchev–Trinajstić information content (AvgIpc) is 2.47. The van der Waals surface area contributed by atoms with Gasteiger partial charge in [0, 0.05) is 13.1 Å². The summed E-state index contributed by atoms with van der Waals surface area (Å²) in [7, 11) is 2.18. The first kappa shape index (κ1) is 18.0. The molecule has 1 fully saturated rings. The Kier molecular flexibility index (Phi) is 5.55. The molecule has 1 saturated heterocycles. The van der Waals surface area contributed by atoms with Crippen LogP contribution >= 0.6 is 0 Å². The highest BCUT2D eigenvalue weighted by molar-refractivity contribution is 5.87. The fraction of sp³-hybridized carbons (Fsp3) is 0.882. The molecule has 2 rings (SSSR count). The monoisotopic (exact) mass is 324 g/mol. The quantitative estimate of drug-likeness (QED) is 0.843. The van der Waals surface area contributed by atoms with Crippen LogP contribution in [0.25, 0.3) is 0 Å². The lowest BCUT2D eigenvalue weighted by molar-refractivity contribution is 0.0276. The number of carbonyl (C=O) groups excluding carboxylic acids is 1. The fourth-order valence-electron chi connectivity index (χ4n) is 2.86. The number of amides is 1. The third kappa shape index (κ3) is 5.68. The Bertz CT molecular complexity index is 448. The molecule has 132 valence electrons. The second kappa shape index (κ2) is 7.07. The van der Waals surface area contributed by atoms with Gasteiger partial charge in [-0.2, -0.15) is 0 Å². The van der Waals surface area contributed by atoms with E-state index < -0.39 is 5.60 Å². The Morgan fingerprint density at radius 1 is 1.30 bits per heavy atom. The number of nitrogens with one attached hydrogen (secondary N) is 1. The van der Waals surface area contributed by atoms with Gasteiger partial charge in [-0.3, -0.25) is 9.89 Å². The van der Waals surface area contributed by atoms with Crippen molar-refractivity contribution < 1.29 is 9.53 Å². The van der Waals surface area contributed by atoms with E-state index in [2.05, 4.69) is 29.2 Å². The van der Waals surface area contributed by atoms with Crippen LogP contribution in [-0.4, -0.2) is 73.6 Å². The van der Waals surface area contributed by atoms with Gasteiger partial charge in [0.2, 0.25) is 0 Å². The van der Waals surface area contributed by atoms with Crippen molar-refractivity contribution in [3.8, 4) is 0 Å². The first-order chi connectivity index (χ1) is 10.7. The van der Waals surface area contributed by atoms with Gasteiger partial charge in [-0.25, -0.2) is 4.79 Å². The largest absolute Gasteiger partial charge is 0.444 e. The Hall–Kier alpha value is -1.30. The molecule has 0 radical (unpaired) electrons.